The number of piperazine rings is 1. The fraction of sp³-hybridized carbons (Fsp3) is 1.00. The Hall–Kier alpha value is 0.210. The lowest BCUT2D eigenvalue weighted by Gasteiger charge is -2.38. The van der Waals surface area contributed by atoms with Crippen LogP contribution >= 0.6 is 12.4 Å². The Morgan fingerprint density at radius 3 is 2.57 bits per heavy atom. The first-order chi connectivity index (χ1) is 6.27. The van der Waals surface area contributed by atoms with Gasteiger partial charge >= 0.3 is 0 Å². The zero-order valence-electron chi connectivity index (χ0n) is 9.33. The van der Waals surface area contributed by atoms with Gasteiger partial charge in [-0.1, -0.05) is 13.3 Å². The van der Waals surface area contributed by atoms with Gasteiger partial charge in [0.15, 0.2) is 0 Å². The van der Waals surface area contributed by atoms with Crippen LogP contribution < -0.4 is 5.32 Å². The molecule has 3 heteroatoms. The van der Waals surface area contributed by atoms with Crippen LogP contribution in [-0.2, 0) is 0 Å². The number of nitrogens with one attached hydrogen (secondary N) is 1. The predicted octanol–water partition coefficient (Wildman–Crippen LogP) is 1.89. The van der Waals surface area contributed by atoms with Crippen molar-refractivity contribution in [1.82, 2.24) is 10.2 Å². The first-order valence-electron chi connectivity index (χ1n) is 5.75. The largest absolute Gasteiger partial charge is 0.312 e. The van der Waals surface area contributed by atoms with E-state index in [-0.39, 0.29) is 12.4 Å². The van der Waals surface area contributed by atoms with E-state index in [2.05, 4.69) is 24.1 Å². The lowest BCUT2D eigenvalue weighted by molar-refractivity contribution is 0.126. The van der Waals surface area contributed by atoms with Crippen molar-refractivity contribution in [2.75, 3.05) is 19.6 Å². The molecular weight excluding hydrogens is 196 g/mol. The van der Waals surface area contributed by atoms with Gasteiger partial charge in [0, 0.05) is 31.7 Å². The number of hydrogen-bond acceptors (Lipinski definition) is 2. The van der Waals surface area contributed by atoms with Crippen molar-refractivity contribution in [3.8, 4) is 0 Å². The summed E-state index contributed by atoms with van der Waals surface area (Å²) in [4.78, 5) is 2.71. The predicted molar refractivity (Wildman–Crippen MR) is 63.1 cm³/mol. The van der Waals surface area contributed by atoms with Crippen molar-refractivity contribution in [3.63, 3.8) is 0 Å². The van der Waals surface area contributed by atoms with Gasteiger partial charge in [-0.05, 0) is 25.7 Å². The first-order valence-corrected chi connectivity index (χ1v) is 5.75. The van der Waals surface area contributed by atoms with Gasteiger partial charge in [0.05, 0.1) is 0 Å². The number of rotatable bonds is 1. The van der Waals surface area contributed by atoms with E-state index in [1.807, 2.05) is 0 Å². The van der Waals surface area contributed by atoms with Crippen molar-refractivity contribution < 1.29 is 0 Å². The third-order valence-corrected chi connectivity index (χ3v) is 3.69. The summed E-state index contributed by atoms with van der Waals surface area (Å²) in [5.41, 5.74) is 0. The highest BCUT2D eigenvalue weighted by atomic mass is 35.5. The van der Waals surface area contributed by atoms with E-state index < -0.39 is 0 Å². The lowest BCUT2D eigenvalue weighted by Crippen LogP contribution is -2.53. The van der Waals surface area contributed by atoms with E-state index in [4.69, 9.17) is 0 Å². The second-order valence-corrected chi connectivity index (χ2v) is 4.83. The van der Waals surface area contributed by atoms with Gasteiger partial charge in [-0.25, -0.2) is 0 Å². The van der Waals surface area contributed by atoms with Gasteiger partial charge in [0.25, 0.3) is 0 Å². The van der Waals surface area contributed by atoms with E-state index in [1.54, 1.807) is 0 Å². The highest BCUT2D eigenvalue weighted by molar-refractivity contribution is 5.85. The Morgan fingerprint density at radius 2 is 2.00 bits per heavy atom. The lowest BCUT2D eigenvalue weighted by atomic mass is 10.0. The molecule has 84 valence electrons. The Morgan fingerprint density at radius 1 is 1.21 bits per heavy atom. The summed E-state index contributed by atoms with van der Waals surface area (Å²) in [7, 11) is 0. The van der Waals surface area contributed by atoms with Crippen LogP contribution in [0.3, 0.4) is 0 Å². The van der Waals surface area contributed by atoms with E-state index >= 15 is 0 Å². The van der Waals surface area contributed by atoms with Crippen LogP contribution in [0.25, 0.3) is 0 Å². The maximum Gasteiger partial charge on any atom is 0.0167 e. The minimum absolute atomic E-state index is 0. The molecule has 2 unspecified atom stereocenters. The minimum Gasteiger partial charge on any atom is -0.312 e. The van der Waals surface area contributed by atoms with Crippen LogP contribution in [0, 0.1) is 5.92 Å². The summed E-state index contributed by atoms with van der Waals surface area (Å²) < 4.78 is 0. The van der Waals surface area contributed by atoms with Gasteiger partial charge in [-0.3, -0.25) is 4.90 Å². The molecular formula is C11H23ClN2. The summed E-state index contributed by atoms with van der Waals surface area (Å²) in [6.45, 7) is 8.43. The molecule has 1 saturated heterocycles. The molecule has 3 atom stereocenters. The maximum absolute atomic E-state index is 3.51. The van der Waals surface area contributed by atoms with Gasteiger partial charge in [-0.15, -0.1) is 12.4 Å². The van der Waals surface area contributed by atoms with Crippen molar-refractivity contribution in [1.29, 1.82) is 0 Å². The molecule has 1 N–H and O–H groups in total. The molecule has 1 aliphatic heterocycles. The van der Waals surface area contributed by atoms with Gasteiger partial charge in [-0.2, -0.15) is 0 Å². The molecule has 0 aromatic carbocycles. The van der Waals surface area contributed by atoms with Crippen LogP contribution in [0.4, 0.5) is 0 Å². The summed E-state index contributed by atoms with van der Waals surface area (Å²) in [6, 6.07) is 1.59. The second-order valence-electron chi connectivity index (χ2n) is 4.83. The first kappa shape index (κ1) is 12.3. The monoisotopic (exact) mass is 218 g/mol. The Balaban J connectivity index is 0.000000980. The summed E-state index contributed by atoms with van der Waals surface area (Å²) in [5.74, 6) is 0.935. The molecule has 1 aliphatic carbocycles. The second kappa shape index (κ2) is 5.34. The van der Waals surface area contributed by atoms with Crippen LogP contribution in [0.1, 0.15) is 33.1 Å². The van der Waals surface area contributed by atoms with Crippen LogP contribution in [-0.4, -0.2) is 36.6 Å². The van der Waals surface area contributed by atoms with E-state index in [0.29, 0.717) is 6.04 Å². The van der Waals surface area contributed by atoms with E-state index in [1.165, 1.54) is 38.9 Å². The SMILES string of the molecule is CC1CCCC1N1CCN[C@H](C)C1.Cl. The van der Waals surface area contributed by atoms with Gasteiger partial charge in [0.2, 0.25) is 0 Å². The molecule has 0 amide bonds. The quantitative estimate of drug-likeness (QED) is 0.723. The topological polar surface area (TPSA) is 15.3 Å². The fourth-order valence-corrected chi connectivity index (χ4v) is 2.93. The highest BCUT2D eigenvalue weighted by Gasteiger charge is 2.30. The molecule has 14 heavy (non-hydrogen) atoms. The standard InChI is InChI=1S/C11H22N2.ClH/c1-9-4-3-5-11(9)13-7-6-12-10(2)8-13;/h9-12H,3-8H2,1-2H3;1H/t9?,10-,11?;/m1./s1. The Bertz CT molecular complexity index is 175. The average molecular weight is 219 g/mol. The van der Waals surface area contributed by atoms with Crippen molar-refractivity contribution >= 4 is 12.4 Å². The number of nitrogens with zero attached hydrogens (tertiary/aromatic N) is 1. The summed E-state index contributed by atoms with van der Waals surface area (Å²) >= 11 is 0. The average Bonchev–Trinajstić information content (AvgIpc) is 2.51. The molecule has 1 saturated carbocycles. The van der Waals surface area contributed by atoms with Crippen molar-refractivity contribution in [3.05, 3.63) is 0 Å². The molecule has 0 aromatic rings. The highest BCUT2D eigenvalue weighted by Crippen LogP contribution is 2.29. The molecule has 1 heterocycles. The van der Waals surface area contributed by atoms with E-state index in [9.17, 15) is 0 Å². The third kappa shape index (κ3) is 2.62. The molecule has 0 aromatic heterocycles. The smallest absolute Gasteiger partial charge is 0.0167 e. The summed E-state index contributed by atoms with van der Waals surface area (Å²) in [6.07, 6.45) is 4.33. The normalized spacial score (nSPS) is 39.4. The Labute approximate surface area is 93.8 Å². The molecule has 0 radical (unpaired) electrons. The van der Waals surface area contributed by atoms with Gasteiger partial charge in [0.1, 0.15) is 0 Å². The molecule has 2 fully saturated rings. The maximum atomic E-state index is 3.51. The molecule has 0 spiro atoms. The van der Waals surface area contributed by atoms with E-state index in [0.717, 1.165) is 12.0 Å². The summed E-state index contributed by atoms with van der Waals surface area (Å²) in [5, 5.41) is 3.51. The number of halogens is 1. The molecule has 2 nitrogen and oxygen atoms in total. The molecule has 0 bridgehead atoms. The van der Waals surface area contributed by atoms with Crippen LogP contribution in [0.2, 0.25) is 0 Å². The zero-order valence-corrected chi connectivity index (χ0v) is 10.1. The third-order valence-electron chi connectivity index (χ3n) is 3.69. The minimum atomic E-state index is 0. The molecule has 2 aliphatic rings. The van der Waals surface area contributed by atoms with Gasteiger partial charge < -0.3 is 5.32 Å². The fourth-order valence-electron chi connectivity index (χ4n) is 2.93. The molecule has 2 rings (SSSR count). The van der Waals surface area contributed by atoms with Crippen molar-refractivity contribution in [2.45, 2.75) is 45.2 Å². The number of hydrogen-bond donors (Lipinski definition) is 1. The van der Waals surface area contributed by atoms with Crippen molar-refractivity contribution in [2.24, 2.45) is 5.92 Å². The van der Waals surface area contributed by atoms with Crippen LogP contribution in [0.15, 0.2) is 0 Å². The Kier molecular flexibility index (Phi) is 4.68. The zero-order chi connectivity index (χ0) is 9.26. The van der Waals surface area contributed by atoms with Crippen LogP contribution in [0.5, 0.6) is 0 Å².